The summed E-state index contributed by atoms with van der Waals surface area (Å²) in [6.07, 6.45) is -2.56. The molecule has 0 aromatic heterocycles. The zero-order valence-corrected chi connectivity index (χ0v) is 12.0. The van der Waals surface area contributed by atoms with E-state index in [2.05, 4.69) is 0 Å². The second-order valence-electron chi connectivity index (χ2n) is 2.44. The number of aliphatic carboxylic acids is 3. The average Bonchev–Trinajstić information content (AvgIpc) is 1.82. The molecule has 0 fully saturated rings. The Labute approximate surface area is 145 Å². The van der Waals surface area contributed by atoms with Crippen molar-refractivity contribution in [2.75, 3.05) is 0 Å². The maximum Gasteiger partial charge on any atom is 1.00 e. The molecule has 0 bridgehead atoms. The van der Waals surface area contributed by atoms with Gasteiger partial charge in [0.15, 0.2) is 0 Å². The normalized spacial score (nSPS) is 11.8. The van der Waals surface area contributed by atoms with Gasteiger partial charge in [0.05, 0.1) is 12.4 Å². The predicted molar refractivity (Wildman–Crippen MR) is 35.4 cm³/mol. The van der Waals surface area contributed by atoms with Crippen molar-refractivity contribution >= 4 is 17.9 Å². The summed E-state index contributed by atoms with van der Waals surface area (Å²) in [6.45, 7) is 0. The number of carboxylic acids is 3. The predicted octanol–water partition coefficient (Wildman–Crippen LogP) is -10.7. The molecule has 16 heavy (non-hydrogen) atoms. The molecule has 1 unspecified atom stereocenters. The molecule has 0 rings (SSSR count). The Morgan fingerprint density at radius 2 is 1.50 bits per heavy atom. The summed E-state index contributed by atoms with van der Waals surface area (Å²) in [5.74, 6) is -5.67. The molecule has 4 N–H and O–H groups in total. The van der Waals surface area contributed by atoms with Crippen molar-refractivity contribution in [2.24, 2.45) is 0 Å². The number of carboxylic acid groups (broad SMARTS) is 3. The van der Waals surface area contributed by atoms with Crippen LogP contribution in [-0.2, 0) is 14.4 Å². The monoisotopic (exact) mass is 254 g/mol. The smallest absolute Gasteiger partial charge is 0.550 e. The van der Waals surface area contributed by atoms with Crippen LogP contribution in [0.15, 0.2) is 0 Å². The van der Waals surface area contributed by atoms with Crippen molar-refractivity contribution in [1.82, 2.24) is 0 Å². The maximum atomic E-state index is 10.2. The molecule has 0 heterocycles. The second kappa shape index (κ2) is 10.7. The van der Waals surface area contributed by atoms with Crippen molar-refractivity contribution in [3.8, 4) is 0 Å². The fourth-order valence-corrected chi connectivity index (χ4v) is 0.696. The number of rotatable bonds is 5. The number of carbonyl (C=O) groups is 3. The maximum absolute atomic E-state index is 10.2. The van der Waals surface area contributed by atoms with E-state index >= 15 is 0 Å². The average molecular weight is 254 g/mol. The first-order valence-electron chi connectivity index (χ1n) is 3.13. The molecule has 0 aliphatic heterocycles. The van der Waals surface area contributed by atoms with Gasteiger partial charge in [-0.3, -0.25) is 4.79 Å². The van der Waals surface area contributed by atoms with Crippen LogP contribution < -0.4 is 80.5 Å². The van der Waals surface area contributed by atoms with Gasteiger partial charge in [-0.15, -0.1) is 0 Å². The Kier molecular flexibility index (Phi) is 17.0. The van der Waals surface area contributed by atoms with Gasteiger partial charge in [-0.05, 0) is 0 Å². The van der Waals surface area contributed by atoms with Gasteiger partial charge in [-0.25, -0.2) is 0 Å². The molecule has 0 aliphatic rings. The number of carbonyl (C=O) groups excluding carboxylic acids is 2. The van der Waals surface area contributed by atoms with Crippen molar-refractivity contribution < 1.29 is 111 Å². The summed E-state index contributed by atoms with van der Waals surface area (Å²) in [5, 5.41) is 37.2. The van der Waals surface area contributed by atoms with E-state index < -0.39 is 36.4 Å². The van der Waals surface area contributed by atoms with Gasteiger partial charge in [0.1, 0.15) is 5.60 Å². The Morgan fingerprint density at radius 3 is 1.69 bits per heavy atom. The van der Waals surface area contributed by atoms with E-state index in [-0.39, 0.29) is 75.7 Å². The third-order valence-corrected chi connectivity index (χ3v) is 1.26. The van der Waals surface area contributed by atoms with Crippen molar-refractivity contribution in [3.63, 3.8) is 0 Å². The fraction of sp³-hybridized carbons (Fsp3) is 0.500. The van der Waals surface area contributed by atoms with Crippen molar-refractivity contribution in [3.05, 3.63) is 0 Å². The summed E-state index contributed by atoms with van der Waals surface area (Å²) in [5.41, 5.74) is -2.91. The Bertz CT molecular complexity index is 239. The number of hydrogen-bond donors (Lipinski definition) is 2. The quantitative estimate of drug-likeness (QED) is 0.458. The van der Waals surface area contributed by atoms with Gasteiger partial charge < -0.3 is 35.5 Å². The molecule has 10 heteroatoms. The minimum atomic E-state index is -2.91. The minimum Gasteiger partial charge on any atom is -0.550 e. The molecule has 0 aromatic carbocycles. The third-order valence-electron chi connectivity index (χ3n) is 1.26. The molecule has 0 aromatic rings. The van der Waals surface area contributed by atoms with Crippen LogP contribution in [0.1, 0.15) is 12.8 Å². The van der Waals surface area contributed by atoms with Crippen LogP contribution in [0.2, 0.25) is 0 Å². The summed E-state index contributed by atoms with van der Waals surface area (Å²) in [7, 11) is 0. The van der Waals surface area contributed by atoms with Crippen LogP contribution in [0.3, 0.4) is 0 Å². The van der Waals surface area contributed by atoms with Gasteiger partial charge in [-0.1, -0.05) is 0 Å². The van der Waals surface area contributed by atoms with E-state index in [1.165, 1.54) is 0 Å². The molecule has 0 radical (unpaired) electrons. The van der Waals surface area contributed by atoms with E-state index in [1.54, 1.807) is 0 Å². The van der Waals surface area contributed by atoms with Gasteiger partial charge in [0.25, 0.3) is 0 Å². The first-order valence-corrected chi connectivity index (χ1v) is 3.13. The summed E-state index contributed by atoms with van der Waals surface area (Å²) in [6, 6.07) is 0. The Balaban J connectivity index is -0.000000240. The van der Waals surface area contributed by atoms with Crippen LogP contribution in [0.25, 0.3) is 0 Å². The van der Waals surface area contributed by atoms with Gasteiger partial charge >= 0.3 is 76.2 Å². The summed E-state index contributed by atoms with van der Waals surface area (Å²) < 4.78 is 0. The molecular weight excluding hydrogens is 246 g/mol. The van der Waals surface area contributed by atoms with Crippen molar-refractivity contribution in [2.45, 2.75) is 18.4 Å². The molecule has 0 aliphatic carbocycles. The standard InChI is InChI=1S/C6H8O7.K.Li.H2O/c7-3(8)1-6(13,5(11)12)2-4(9)10;;;/h13H,1-2H2,(H,7,8)(H,9,10)(H,11,12);;;1H2/q;2*+1;/p-2. The SMILES string of the molecule is O.O=C([O-])CC(O)(CC(=O)O)C(=O)[O-].[K+].[Li+]. The van der Waals surface area contributed by atoms with Crippen LogP contribution in [-0.4, -0.2) is 39.2 Å². The van der Waals surface area contributed by atoms with Crippen LogP contribution in [0.4, 0.5) is 0 Å². The topological polar surface area (TPSA) is 169 Å². The van der Waals surface area contributed by atoms with Gasteiger partial charge in [-0.2, -0.15) is 0 Å². The van der Waals surface area contributed by atoms with Crippen molar-refractivity contribution in [1.29, 1.82) is 0 Å². The first-order chi connectivity index (χ1) is 5.78. The first kappa shape index (κ1) is 25.4. The molecule has 82 valence electrons. The molecule has 0 spiro atoms. The van der Waals surface area contributed by atoms with E-state index in [0.29, 0.717) is 0 Å². The summed E-state index contributed by atoms with van der Waals surface area (Å²) >= 11 is 0. The molecule has 0 saturated heterocycles. The molecule has 0 amide bonds. The number of hydrogen-bond acceptors (Lipinski definition) is 6. The van der Waals surface area contributed by atoms with E-state index in [9.17, 15) is 24.6 Å². The molecular formula is C6H8KLiO8. The zero-order valence-electron chi connectivity index (χ0n) is 8.85. The Hall–Kier alpha value is 0.564. The van der Waals surface area contributed by atoms with E-state index in [0.717, 1.165) is 0 Å². The fourth-order valence-electron chi connectivity index (χ4n) is 0.696. The largest absolute Gasteiger partial charge is 1.00 e. The van der Waals surface area contributed by atoms with E-state index in [1.807, 2.05) is 0 Å². The summed E-state index contributed by atoms with van der Waals surface area (Å²) in [4.78, 5) is 30.2. The number of aliphatic hydroxyl groups is 1. The third kappa shape index (κ3) is 9.77. The second-order valence-corrected chi connectivity index (χ2v) is 2.44. The molecule has 8 nitrogen and oxygen atoms in total. The van der Waals surface area contributed by atoms with Crippen LogP contribution in [0.5, 0.6) is 0 Å². The zero-order chi connectivity index (χ0) is 10.6. The molecule has 1 atom stereocenters. The van der Waals surface area contributed by atoms with E-state index in [4.69, 9.17) is 10.2 Å². The Morgan fingerprint density at radius 1 is 1.12 bits per heavy atom. The molecule has 0 saturated carbocycles. The van der Waals surface area contributed by atoms with Gasteiger partial charge in [0, 0.05) is 12.4 Å². The van der Waals surface area contributed by atoms with Gasteiger partial charge in [0.2, 0.25) is 0 Å². The minimum absolute atomic E-state index is 0. The van der Waals surface area contributed by atoms with Crippen LogP contribution >= 0.6 is 0 Å². The van der Waals surface area contributed by atoms with Crippen LogP contribution in [0, 0.1) is 0 Å².